The first-order valence-corrected chi connectivity index (χ1v) is 5.98. The van der Waals surface area contributed by atoms with Crippen LogP contribution in [0.2, 0.25) is 0 Å². The first kappa shape index (κ1) is 12.2. The lowest BCUT2D eigenvalue weighted by Gasteiger charge is -2.22. The maximum absolute atomic E-state index is 11.8. The Hall–Kier alpha value is -0.860. The number of Topliss-reactive ketones (excluding diaryl/α,β-unsaturated/α-hetero) is 1. The molecule has 0 saturated heterocycles. The Kier molecular flexibility index (Phi) is 4.79. The topological polar surface area (TPSA) is 46.2 Å². The van der Waals surface area contributed by atoms with Crippen LogP contribution < -0.4 is 5.32 Å². The fourth-order valence-electron chi connectivity index (χ4n) is 2.08. The standard InChI is InChI=1S/C12H21NO2/c1-3-11(14)9(2)13-12(15)10-7-5-4-6-8-10/h9-10H,3-8H2,1-2H3,(H,13,15). The average molecular weight is 211 g/mol. The molecule has 3 heteroatoms. The Morgan fingerprint density at radius 3 is 2.40 bits per heavy atom. The highest BCUT2D eigenvalue weighted by atomic mass is 16.2. The molecule has 1 aliphatic rings. The van der Waals surface area contributed by atoms with Crippen molar-refractivity contribution >= 4 is 11.7 Å². The van der Waals surface area contributed by atoms with Crippen LogP contribution in [-0.2, 0) is 9.59 Å². The smallest absolute Gasteiger partial charge is 0.223 e. The maximum Gasteiger partial charge on any atom is 0.223 e. The Bertz CT molecular complexity index is 232. The number of rotatable bonds is 4. The molecule has 3 nitrogen and oxygen atoms in total. The highest BCUT2D eigenvalue weighted by molar-refractivity contribution is 5.89. The molecule has 1 atom stereocenters. The Morgan fingerprint density at radius 1 is 1.27 bits per heavy atom. The van der Waals surface area contributed by atoms with Crippen LogP contribution in [0.15, 0.2) is 0 Å². The molecule has 1 N–H and O–H groups in total. The predicted molar refractivity (Wildman–Crippen MR) is 59.5 cm³/mol. The van der Waals surface area contributed by atoms with Crippen LogP contribution >= 0.6 is 0 Å². The van der Waals surface area contributed by atoms with Crippen molar-refractivity contribution in [1.82, 2.24) is 5.32 Å². The van der Waals surface area contributed by atoms with E-state index in [2.05, 4.69) is 5.32 Å². The van der Waals surface area contributed by atoms with Crippen LogP contribution in [0.5, 0.6) is 0 Å². The normalized spacial score (nSPS) is 19.6. The van der Waals surface area contributed by atoms with Gasteiger partial charge in [-0.2, -0.15) is 0 Å². The zero-order chi connectivity index (χ0) is 11.3. The molecular weight excluding hydrogens is 190 g/mol. The molecule has 1 fully saturated rings. The van der Waals surface area contributed by atoms with E-state index in [1.54, 1.807) is 6.92 Å². The third-order valence-electron chi connectivity index (χ3n) is 3.17. The first-order valence-electron chi connectivity index (χ1n) is 5.98. The maximum atomic E-state index is 11.8. The number of hydrogen-bond acceptors (Lipinski definition) is 2. The zero-order valence-electron chi connectivity index (χ0n) is 9.71. The molecule has 15 heavy (non-hydrogen) atoms. The number of carbonyl (C=O) groups is 2. The Morgan fingerprint density at radius 2 is 1.87 bits per heavy atom. The second-order valence-corrected chi connectivity index (χ2v) is 4.39. The molecule has 0 aromatic carbocycles. The van der Waals surface area contributed by atoms with Crippen LogP contribution in [0, 0.1) is 5.92 Å². The third kappa shape index (κ3) is 3.65. The van der Waals surface area contributed by atoms with Crippen LogP contribution in [0.1, 0.15) is 52.4 Å². The average Bonchev–Trinajstić information content (AvgIpc) is 2.29. The van der Waals surface area contributed by atoms with Crippen molar-refractivity contribution in [1.29, 1.82) is 0 Å². The largest absolute Gasteiger partial charge is 0.346 e. The van der Waals surface area contributed by atoms with Gasteiger partial charge in [-0.15, -0.1) is 0 Å². The summed E-state index contributed by atoms with van der Waals surface area (Å²) in [7, 11) is 0. The molecular formula is C12H21NO2. The summed E-state index contributed by atoms with van der Waals surface area (Å²) in [6, 6.07) is -0.315. The van der Waals surface area contributed by atoms with E-state index in [4.69, 9.17) is 0 Å². The van der Waals surface area contributed by atoms with E-state index >= 15 is 0 Å². The van der Waals surface area contributed by atoms with Crippen LogP contribution in [0.25, 0.3) is 0 Å². The lowest BCUT2D eigenvalue weighted by atomic mass is 9.88. The van der Waals surface area contributed by atoms with Gasteiger partial charge in [0.25, 0.3) is 0 Å². The van der Waals surface area contributed by atoms with Gasteiger partial charge in [0.2, 0.25) is 5.91 Å². The molecule has 0 spiro atoms. The van der Waals surface area contributed by atoms with E-state index in [9.17, 15) is 9.59 Å². The minimum atomic E-state index is -0.315. The van der Waals surface area contributed by atoms with Crippen LogP contribution in [-0.4, -0.2) is 17.7 Å². The van der Waals surface area contributed by atoms with Gasteiger partial charge in [-0.1, -0.05) is 26.2 Å². The van der Waals surface area contributed by atoms with Gasteiger partial charge in [-0.05, 0) is 19.8 Å². The molecule has 1 saturated carbocycles. The number of amides is 1. The van der Waals surface area contributed by atoms with Crippen LogP contribution in [0.3, 0.4) is 0 Å². The fourth-order valence-corrected chi connectivity index (χ4v) is 2.08. The van der Waals surface area contributed by atoms with Crippen molar-refractivity contribution in [2.45, 2.75) is 58.4 Å². The highest BCUT2D eigenvalue weighted by Crippen LogP contribution is 2.23. The SMILES string of the molecule is CCC(=O)C(C)NC(=O)C1CCCCC1. The third-order valence-corrected chi connectivity index (χ3v) is 3.17. The van der Waals surface area contributed by atoms with E-state index < -0.39 is 0 Å². The summed E-state index contributed by atoms with van der Waals surface area (Å²) in [6.45, 7) is 3.60. The molecule has 0 heterocycles. The molecule has 1 rings (SSSR count). The van der Waals surface area contributed by atoms with Crippen molar-refractivity contribution in [3.05, 3.63) is 0 Å². The molecule has 1 unspecified atom stereocenters. The molecule has 1 aliphatic carbocycles. The van der Waals surface area contributed by atoms with Crippen molar-refractivity contribution in [2.75, 3.05) is 0 Å². The summed E-state index contributed by atoms with van der Waals surface area (Å²) in [5, 5.41) is 2.81. The molecule has 0 aliphatic heterocycles. The minimum Gasteiger partial charge on any atom is -0.346 e. The van der Waals surface area contributed by atoms with Gasteiger partial charge in [0.05, 0.1) is 6.04 Å². The van der Waals surface area contributed by atoms with Crippen LogP contribution in [0.4, 0.5) is 0 Å². The van der Waals surface area contributed by atoms with Crippen molar-refractivity contribution in [2.24, 2.45) is 5.92 Å². The van der Waals surface area contributed by atoms with Crippen molar-refractivity contribution in [3.8, 4) is 0 Å². The quantitative estimate of drug-likeness (QED) is 0.773. The summed E-state index contributed by atoms with van der Waals surface area (Å²) in [4.78, 5) is 23.1. The molecule has 0 bridgehead atoms. The lowest BCUT2D eigenvalue weighted by molar-refractivity contribution is -0.130. The van der Waals surface area contributed by atoms with Gasteiger partial charge >= 0.3 is 0 Å². The van der Waals surface area contributed by atoms with Crippen molar-refractivity contribution in [3.63, 3.8) is 0 Å². The van der Waals surface area contributed by atoms with Gasteiger partial charge < -0.3 is 5.32 Å². The summed E-state index contributed by atoms with van der Waals surface area (Å²) < 4.78 is 0. The Labute approximate surface area is 91.6 Å². The number of hydrogen-bond donors (Lipinski definition) is 1. The van der Waals surface area contributed by atoms with E-state index in [1.807, 2.05) is 6.92 Å². The lowest BCUT2D eigenvalue weighted by Crippen LogP contribution is -2.42. The highest BCUT2D eigenvalue weighted by Gasteiger charge is 2.23. The second kappa shape index (κ2) is 5.89. The fraction of sp³-hybridized carbons (Fsp3) is 0.833. The molecule has 0 aromatic rings. The first-order chi connectivity index (χ1) is 7.15. The van der Waals surface area contributed by atoms with Gasteiger partial charge in [0.15, 0.2) is 5.78 Å². The number of carbonyl (C=O) groups excluding carboxylic acids is 2. The molecule has 0 radical (unpaired) electrons. The minimum absolute atomic E-state index is 0.0731. The van der Waals surface area contributed by atoms with Gasteiger partial charge in [-0.3, -0.25) is 9.59 Å². The zero-order valence-corrected chi connectivity index (χ0v) is 9.71. The number of ketones is 1. The summed E-state index contributed by atoms with van der Waals surface area (Å²) in [6.07, 6.45) is 6.00. The monoisotopic (exact) mass is 211 g/mol. The predicted octanol–water partition coefficient (Wildman–Crippen LogP) is 2.05. The van der Waals surface area contributed by atoms with Gasteiger partial charge in [0.1, 0.15) is 0 Å². The van der Waals surface area contributed by atoms with Gasteiger partial charge in [0, 0.05) is 12.3 Å². The van der Waals surface area contributed by atoms with Crippen molar-refractivity contribution < 1.29 is 9.59 Å². The van der Waals surface area contributed by atoms with Gasteiger partial charge in [-0.25, -0.2) is 0 Å². The molecule has 1 amide bonds. The molecule has 0 aromatic heterocycles. The molecule has 86 valence electrons. The second-order valence-electron chi connectivity index (χ2n) is 4.39. The van der Waals surface area contributed by atoms with E-state index in [0.29, 0.717) is 6.42 Å². The van der Waals surface area contributed by atoms with E-state index in [1.165, 1.54) is 6.42 Å². The number of nitrogens with one attached hydrogen (secondary N) is 1. The summed E-state index contributed by atoms with van der Waals surface area (Å²) in [5.74, 6) is 0.328. The Balaban J connectivity index is 2.36. The van der Waals surface area contributed by atoms with E-state index in [-0.39, 0.29) is 23.7 Å². The summed E-state index contributed by atoms with van der Waals surface area (Å²) >= 11 is 0. The van der Waals surface area contributed by atoms with E-state index in [0.717, 1.165) is 25.7 Å². The summed E-state index contributed by atoms with van der Waals surface area (Å²) in [5.41, 5.74) is 0.